The molecule has 0 spiro atoms. The number of para-hydroxylation sites is 1. The zero-order chi connectivity index (χ0) is 13.5. The maximum atomic E-state index is 13.1. The van der Waals surface area contributed by atoms with Gasteiger partial charge < -0.3 is 10.1 Å². The third kappa shape index (κ3) is 4.79. The molecule has 2 nitrogen and oxygen atoms in total. The van der Waals surface area contributed by atoms with E-state index in [-0.39, 0.29) is 5.82 Å². The minimum atomic E-state index is -0.337. The molecule has 0 atom stereocenters. The van der Waals surface area contributed by atoms with Crippen molar-refractivity contribution in [2.75, 3.05) is 18.5 Å². The zero-order valence-electron chi connectivity index (χ0n) is 10.4. The second-order valence-electron chi connectivity index (χ2n) is 4.10. The molecule has 4 heteroatoms. The Morgan fingerprint density at radius 2 is 1.89 bits per heavy atom. The molecule has 100 valence electrons. The van der Waals surface area contributed by atoms with Crippen LogP contribution < -0.4 is 10.1 Å². The average molecular weight is 280 g/mol. The van der Waals surface area contributed by atoms with Crippen LogP contribution >= 0.6 is 11.6 Å². The Hall–Kier alpha value is -1.74. The van der Waals surface area contributed by atoms with Crippen molar-refractivity contribution in [3.63, 3.8) is 0 Å². The summed E-state index contributed by atoms with van der Waals surface area (Å²) >= 11 is 5.77. The van der Waals surface area contributed by atoms with E-state index in [4.69, 9.17) is 16.3 Å². The van der Waals surface area contributed by atoms with E-state index in [1.165, 1.54) is 12.1 Å². The molecule has 0 aromatic heterocycles. The molecule has 0 unspecified atom stereocenters. The van der Waals surface area contributed by atoms with Crippen LogP contribution in [0.4, 0.5) is 10.1 Å². The normalized spacial score (nSPS) is 10.2. The van der Waals surface area contributed by atoms with Gasteiger partial charge in [0.2, 0.25) is 0 Å². The van der Waals surface area contributed by atoms with E-state index < -0.39 is 0 Å². The molecule has 0 aliphatic rings. The van der Waals surface area contributed by atoms with Crippen molar-refractivity contribution < 1.29 is 9.13 Å². The van der Waals surface area contributed by atoms with E-state index in [2.05, 4.69) is 5.32 Å². The van der Waals surface area contributed by atoms with E-state index >= 15 is 0 Å². The van der Waals surface area contributed by atoms with Gasteiger partial charge in [-0.1, -0.05) is 29.8 Å². The molecule has 1 N–H and O–H groups in total. The van der Waals surface area contributed by atoms with E-state index in [0.29, 0.717) is 23.9 Å². The molecule has 0 aliphatic carbocycles. The van der Waals surface area contributed by atoms with Gasteiger partial charge in [0.05, 0.1) is 6.61 Å². The first-order chi connectivity index (χ1) is 9.24. The van der Waals surface area contributed by atoms with Gasteiger partial charge in [-0.2, -0.15) is 0 Å². The Labute approximate surface area is 117 Å². The highest BCUT2D eigenvalue weighted by Gasteiger charge is 1.98. The standard InChI is InChI=1S/C15H15ClFNO/c16-12-9-13(17)11-14(10-12)18-7-4-8-19-15-5-2-1-3-6-15/h1-3,5-6,9-11,18H,4,7-8H2. The molecule has 0 radical (unpaired) electrons. The lowest BCUT2D eigenvalue weighted by Gasteiger charge is -2.08. The third-order valence-corrected chi connectivity index (χ3v) is 2.74. The summed E-state index contributed by atoms with van der Waals surface area (Å²) in [5.41, 5.74) is 0.685. The van der Waals surface area contributed by atoms with Gasteiger partial charge in [-0.25, -0.2) is 4.39 Å². The van der Waals surface area contributed by atoms with Gasteiger partial charge in [-0.15, -0.1) is 0 Å². The van der Waals surface area contributed by atoms with Gasteiger partial charge >= 0.3 is 0 Å². The van der Waals surface area contributed by atoms with Crippen LogP contribution in [-0.2, 0) is 0 Å². The third-order valence-electron chi connectivity index (χ3n) is 2.52. The van der Waals surface area contributed by atoms with Crippen LogP contribution in [-0.4, -0.2) is 13.2 Å². The number of hydrogen-bond donors (Lipinski definition) is 1. The van der Waals surface area contributed by atoms with Crippen molar-refractivity contribution in [3.05, 3.63) is 59.4 Å². The number of hydrogen-bond acceptors (Lipinski definition) is 2. The molecule has 0 saturated heterocycles. The van der Waals surface area contributed by atoms with E-state index in [1.54, 1.807) is 6.07 Å². The van der Waals surface area contributed by atoms with Gasteiger partial charge in [0.1, 0.15) is 11.6 Å². The lowest BCUT2D eigenvalue weighted by molar-refractivity contribution is 0.315. The molecular weight excluding hydrogens is 265 g/mol. The van der Waals surface area contributed by atoms with E-state index in [0.717, 1.165) is 12.2 Å². The fourth-order valence-corrected chi connectivity index (χ4v) is 1.89. The average Bonchev–Trinajstić information content (AvgIpc) is 2.38. The van der Waals surface area contributed by atoms with E-state index in [9.17, 15) is 4.39 Å². The summed E-state index contributed by atoms with van der Waals surface area (Å²) in [6.45, 7) is 1.31. The molecule has 2 rings (SSSR count). The van der Waals surface area contributed by atoms with Gasteiger partial charge in [0.25, 0.3) is 0 Å². The number of anilines is 1. The molecular formula is C15H15ClFNO. The number of rotatable bonds is 6. The highest BCUT2D eigenvalue weighted by atomic mass is 35.5. The fourth-order valence-electron chi connectivity index (χ4n) is 1.67. The van der Waals surface area contributed by atoms with Crippen LogP contribution in [0.5, 0.6) is 5.75 Å². The molecule has 2 aromatic rings. The predicted molar refractivity (Wildman–Crippen MR) is 76.5 cm³/mol. The molecule has 0 amide bonds. The van der Waals surface area contributed by atoms with Crippen LogP contribution in [0, 0.1) is 5.82 Å². The van der Waals surface area contributed by atoms with Crippen molar-refractivity contribution >= 4 is 17.3 Å². The summed E-state index contributed by atoms with van der Waals surface area (Å²) < 4.78 is 18.6. The van der Waals surface area contributed by atoms with Gasteiger partial charge in [-0.05, 0) is 36.8 Å². The molecule has 0 bridgehead atoms. The van der Waals surface area contributed by atoms with E-state index in [1.807, 2.05) is 30.3 Å². The summed E-state index contributed by atoms with van der Waals surface area (Å²) in [7, 11) is 0. The largest absolute Gasteiger partial charge is 0.494 e. The number of ether oxygens (including phenoxy) is 1. The Morgan fingerprint density at radius 3 is 2.63 bits per heavy atom. The zero-order valence-corrected chi connectivity index (χ0v) is 11.2. The molecule has 2 aromatic carbocycles. The molecule has 0 fully saturated rings. The van der Waals surface area contributed by atoms with Crippen LogP contribution in [0.3, 0.4) is 0 Å². The first-order valence-corrected chi connectivity index (χ1v) is 6.50. The second-order valence-corrected chi connectivity index (χ2v) is 4.54. The van der Waals surface area contributed by atoms with Gasteiger partial charge in [0.15, 0.2) is 0 Å². The maximum Gasteiger partial charge on any atom is 0.126 e. The Kier molecular flexibility index (Phi) is 5.04. The van der Waals surface area contributed by atoms with Crippen molar-refractivity contribution in [3.8, 4) is 5.75 Å². The highest BCUT2D eigenvalue weighted by molar-refractivity contribution is 6.30. The lowest BCUT2D eigenvalue weighted by atomic mass is 10.3. The Morgan fingerprint density at radius 1 is 1.11 bits per heavy atom. The number of benzene rings is 2. The van der Waals surface area contributed by atoms with Gasteiger partial charge in [-0.3, -0.25) is 0 Å². The summed E-state index contributed by atoms with van der Waals surface area (Å²) in [5, 5.41) is 3.50. The SMILES string of the molecule is Fc1cc(Cl)cc(NCCCOc2ccccc2)c1. The van der Waals surface area contributed by atoms with Gasteiger partial charge in [0, 0.05) is 17.3 Å². The highest BCUT2D eigenvalue weighted by Crippen LogP contribution is 2.17. The summed E-state index contributed by atoms with van der Waals surface area (Å²) in [5.74, 6) is 0.520. The smallest absolute Gasteiger partial charge is 0.126 e. The molecule has 0 saturated carbocycles. The first kappa shape index (κ1) is 13.7. The quantitative estimate of drug-likeness (QED) is 0.793. The van der Waals surface area contributed by atoms with Crippen molar-refractivity contribution in [2.24, 2.45) is 0 Å². The lowest BCUT2D eigenvalue weighted by Crippen LogP contribution is -2.07. The summed E-state index contributed by atoms with van der Waals surface area (Å²) in [6, 6.07) is 14.0. The molecule has 0 aliphatic heterocycles. The van der Waals surface area contributed by atoms with Crippen molar-refractivity contribution in [1.82, 2.24) is 0 Å². The van der Waals surface area contributed by atoms with Crippen LogP contribution in [0.25, 0.3) is 0 Å². The maximum absolute atomic E-state index is 13.1. The minimum Gasteiger partial charge on any atom is -0.494 e. The second kappa shape index (κ2) is 7.00. The van der Waals surface area contributed by atoms with Crippen LogP contribution in [0.15, 0.2) is 48.5 Å². The number of nitrogens with one attached hydrogen (secondary N) is 1. The van der Waals surface area contributed by atoms with Crippen molar-refractivity contribution in [2.45, 2.75) is 6.42 Å². The first-order valence-electron chi connectivity index (χ1n) is 6.12. The predicted octanol–water partition coefficient (Wildman–Crippen LogP) is 4.36. The Balaban J connectivity index is 1.69. The number of halogens is 2. The monoisotopic (exact) mass is 279 g/mol. The fraction of sp³-hybridized carbons (Fsp3) is 0.200. The minimum absolute atomic E-state index is 0.337. The van der Waals surface area contributed by atoms with Crippen molar-refractivity contribution in [1.29, 1.82) is 0 Å². The molecule has 0 heterocycles. The topological polar surface area (TPSA) is 21.3 Å². The molecule has 19 heavy (non-hydrogen) atoms. The summed E-state index contributed by atoms with van der Waals surface area (Å²) in [4.78, 5) is 0. The Bertz CT molecular complexity index is 499. The summed E-state index contributed by atoms with van der Waals surface area (Å²) in [6.07, 6.45) is 0.822. The van der Waals surface area contributed by atoms with Crippen LogP contribution in [0.2, 0.25) is 5.02 Å². The van der Waals surface area contributed by atoms with Crippen LogP contribution in [0.1, 0.15) is 6.42 Å².